The fourth-order valence-corrected chi connectivity index (χ4v) is 5.30. The summed E-state index contributed by atoms with van der Waals surface area (Å²) in [6.07, 6.45) is 0.931. The SMILES string of the molecule is CCCOc1ccccc1NC(=O)c1ccc(C2SCCS2)cc1. The number of thioether (sulfide) groups is 2. The number of amides is 1. The molecule has 0 atom stereocenters. The Balaban J connectivity index is 1.68. The van der Waals surface area contributed by atoms with Crippen LogP contribution in [0.25, 0.3) is 0 Å². The number of hydrogen-bond donors (Lipinski definition) is 1. The molecule has 2 aromatic rings. The number of hydrogen-bond acceptors (Lipinski definition) is 4. The maximum Gasteiger partial charge on any atom is 0.255 e. The Kier molecular flexibility index (Phi) is 6.10. The highest BCUT2D eigenvalue weighted by Gasteiger charge is 2.18. The van der Waals surface area contributed by atoms with E-state index in [1.54, 1.807) is 0 Å². The van der Waals surface area contributed by atoms with Crippen molar-refractivity contribution < 1.29 is 9.53 Å². The molecule has 0 aromatic heterocycles. The average Bonchev–Trinajstić information content (AvgIpc) is 3.16. The summed E-state index contributed by atoms with van der Waals surface area (Å²) in [5, 5.41) is 2.95. The molecule has 0 spiro atoms. The molecule has 126 valence electrons. The number of carbonyl (C=O) groups excluding carboxylic acids is 1. The van der Waals surface area contributed by atoms with Crippen LogP contribution in [-0.4, -0.2) is 24.0 Å². The molecule has 0 saturated carbocycles. The highest BCUT2D eigenvalue weighted by Crippen LogP contribution is 2.45. The van der Waals surface area contributed by atoms with Crippen molar-refractivity contribution in [3.8, 4) is 5.75 Å². The monoisotopic (exact) mass is 359 g/mol. The molecule has 1 amide bonds. The van der Waals surface area contributed by atoms with Gasteiger partial charge in [0.2, 0.25) is 0 Å². The second-order valence-electron chi connectivity index (χ2n) is 5.49. The van der Waals surface area contributed by atoms with Gasteiger partial charge in [0.15, 0.2) is 0 Å². The van der Waals surface area contributed by atoms with Crippen LogP contribution in [0.4, 0.5) is 5.69 Å². The van der Waals surface area contributed by atoms with Crippen molar-refractivity contribution in [2.75, 3.05) is 23.4 Å². The number of benzene rings is 2. The van der Waals surface area contributed by atoms with Crippen LogP contribution in [-0.2, 0) is 0 Å². The molecular formula is C19H21NO2S2. The molecule has 0 bridgehead atoms. The molecule has 5 heteroatoms. The van der Waals surface area contributed by atoms with Crippen LogP contribution in [0, 0.1) is 0 Å². The van der Waals surface area contributed by atoms with Crippen LogP contribution in [0.2, 0.25) is 0 Å². The quantitative estimate of drug-likeness (QED) is 0.769. The molecule has 1 N–H and O–H groups in total. The average molecular weight is 360 g/mol. The van der Waals surface area contributed by atoms with E-state index in [1.807, 2.05) is 59.9 Å². The first-order valence-corrected chi connectivity index (χ1v) is 10.2. The van der Waals surface area contributed by atoms with Gasteiger partial charge in [-0.2, -0.15) is 0 Å². The Morgan fingerprint density at radius 3 is 2.54 bits per heavy atom. The molecule has 3 nitrogen and oxygen atoms in total. The fourth-order valence-electron chi connectivity index (χ4n) is 2.44. The topological polar surface area (TPSA) is 38.3 Å². The van der Waals surface area contributed by atoms with Crippen LogP contribution in [0.15, 0.2) is 48.5 Å². The maximum atomic E-state index is 12.5. The highest BCUT2D eigenvalue weighted by atomic mass is 32.2. The first kappa shape index (κ1) is 17.2. The van der Waals surface area contributed by atoms with Crippen molar-refractivity contribution in [3.05, 3.63) is 59.7 Å². The third kappa shape index (κ3) is 4.28. The zero-order chi connectivity index (χ0) is 16.8. The fraction of sp³-hybridized carbons (Fsp3) is 0.316. The van der Waals surface area contributed by atoms with Gasteiger partial charge in [-0.05, 0) is 36.2 Å². The molecule has 1 fully saturated rings. The van der Waals surface area contributed by atoms with E-state index in [2.05, 4.69) is 24.4 Å². The number of rotatable bonds is 6. The molecule has 1 aliphatic rings. The lowest BCUT2D eigenvalue weighted by atomic mass is 10.1. The highest BCUT2D eigenvalue weighted by molar-refractivity contribution is 8.19. The van der Waals surface area contributed by atoms with E-state index in [9.17, 15) is 4.79 Å². The molecule has 0 aliphatic carbocycles. The van der Waals surface area contributed by atoms with Gasteiger partial charge < -0.3 is 10.1 Å². The summed E-state index contributed by atoms with van der Waals surface area (Å²) < 4.78 is 6.19. The lowest BCUT2D eigenvalue weighted by Gasteiger charge is -2.12. The summed E-state index contributed by atoms with van der Waals surface area (Å²) >= 11 is 3.94. The van der Waals surface area contributed by atoms with Crippen molar-refractivity contribution in [1.29, 1.82) is 0 Å². The molecule has 2 aromatic carbocycles. The minimum atomic E-state index is -0.110. The number of anilines is 1. The van der Waals surface area contributed by atoms with Crippen molar-refractivity contribution in [1.82, 2.24) is 0 Å². The summed E-state index contributed by atoms with van der Waals surface area (Å²) in [7, 11) is 0. The summed E-state index contributed by atoms with van der Waals surface area (Å²) in [5.74, 6) is 3.00. The summed E-state index contributed by atoms with van der Waals surface area (Å²) in [5.41, 5.74) is 2.66. The van der Waals surface area contributed by atoms with E-state index in [0.717, 1.165) is 6.42 Å². The third-order valence-corrected chi connectivity index (χ3v) is 6.77. The molecule has 0 radical (unpaired) electrons. The zero-order valence-corrected chi connectivity index (χ0v) is 15.3. The van der Waals surface area contributed by atoms with Gasteiger partial charge in [-0.25, -0.2) is 0 Å². The molecule has 24 heavy (non-hydrogen) atoms. The Morgan fingerprint density at radius 2 is 1.83 bits per heavy atom. The predicted octanol–water partition coefficient (Wildman–Crippen LogP) is 5.21. The second kappa shape index (κ2) is 8.49. The standard InChI is InChI=1S/C19H21NO2S2/c1-2-11-22-17-6-4-3-5-16(17)20-18(21)14-7-9-15(10-8-14)19-23-12-13-24-19/h3-10,19H,2,11-13H2,1H3,(H,20,21). The van der Waals surface area contributed by atoms with Gasteiger partial charge in [0.25, 0.3) is 5.91 Å². The minimum absolute atomic E-state index is 0.110. The first-order chi connectivity index (χ1) is 11.8. The molecular weight excluding hydrogens is 338 g/mol. The van der Waals surface area contributed by atoms with E-state index in [1.165, 1.54) is 17.1 Å². The van der Waals surface area contributed by atoms with E-state index < -0.39 is 0 Å². The number of ether oxygens (including phenoxy) is 1. The van der Waals surface area contributed by atoms with Gasteiger partial charge >= 0.3 is 0 Å². The van der Waals surface area contributed by atoms with Crippen LogP contribution < -0.4 is 10.1 Å². The van der Waals surface area contributed by atoms with Crippen molar-refractivity contribution in [3.63, 3.8) is 0 Å². The third-order valence-electron chi connectivity index (χ3n) is 3.66. The zero-order valence-electron chi connectivity index (χ0n) is 13.7. The Morgan fingerprint density at radius 1 is 1.12 bits per heavy atom. The summed E-state index contributed by atoms with van der Waals surface area (Å²) in [6.45, 7) is 2.70. The van der Waals surface area contributed by atoms with E-state index >= 15 is 0 Å². The van der Waals surface area contributed by atoms with Crippen LogP contribution in [0.1, 0.15) is 33.8 Å². The van der Waals surface area contributed by atoms with Crippen LogP contribution in [0.3, 0.4) is 0 Å². The largest absolute Gasteiger partial charge is 0.491 e. The van der Waals surface area contributed by atoms with Gasteiger partial charge in [0, 0.05) is 17.1 Å². The number of para-hydroxylation sites is 2. The van der Waals surface area contributed by atoms with Crippen molar-refractivity contribution in [2.24, 2.45) is 0 Å². The normalized spacial score (nSPS) is 14.5. The van der Waals surface area contributed by atoms with Gasteiger partial charge in [-0.15, -0.1) is 23.5 Å². The Labute approximate surface area is 151 Å². The molecule has 3 rings (SSSR count). The van der Waals surface area contributed by atoms with Gasteiger partial charge in [-0.3, -0.25) is 4.79 Å². The molecule has 1 saturated heterocycles. The number of carbonyl (C=O) groups is 1. The number of nitrogens with one attached hydrogen (secondary N) is 1. The van der Waals surface area contributed by atoms with Crippen LogP contribution >= 0.6 is 23.5 Å². The smallest absolute Gasteiger partial charge is 0.255 e. The maximum absolute atomic E-state index is 12.5. The molecule has 1 heterocycles. The van der Waals surface area contributed by atoms with Crippen molar-refractivity contribution in [2.45, 2.75) is 17.9 Å². The molecule has 1 aliphatic heterocycles. The molecule has 0 unspecified atom stereocenters. The Hall–Kier alpha value is -1.59. The second-order valence-corrected chi connectivity index (χ2v) is 8.22. The van der Waals surface area contributed by atoms with Gasteiger partial charge in [-0.1, -0.05) is 31.2 Å². The van der Waals surface area contributed by atoms with E-state index in [0.29, 0.717) is 28.2 Å². The lowest BCUT2D eigenvalue weighted by Crippen LogP contribution is -2.13. The predicted molar refractivity (Wildman–Crippen MR) is 104 cm³/mol. The summed E-state index contributed by atoms with van der Waals surface area (Å²) in [6, 6.07) is 15.5. The lowest BCUT2D eigenvalue weighted by molar-refractivity contribution is 0.102. The minimum Gasteiger partial charge on any atom is -0.491 e. The van der Waals surface area contributed by atoms with E-state index in [-0.39, 0.29) is 5.91 Å². The van der Waals surface area contributed by atoms with Crippen LogP contribution in [0.5, 0.6) is 5.75 Å². The van der Waals surface area contributed by atoms with E-state index in [4.69, 9.17) is 4.74 Å². The Bertz CT molecular complexity index is 682. The van der Waals surface area contributed by atoms with Crippen molar-refractivity contribution >= 4 is 35.1 Å². The van der Waals surface area contributed by atoms with Gasteiger partial charge in [0.05, 0.1) is 16.9 Å². The summed E-state index contributed by atoms with van der Waals surface area (Å²) in [4.78, 5) is 12.5. The first-order valence-electron chi connectivity index (χ1n) is 8.14. The van der Waals surface area contributed by atoms with Gasteiger partial charge in [0.1, 0.15) is 5.75 Å².